The van der Waals surface area contributed by atoms with Gasteiger partial charge in [0.1, 0.15) is 5.75 Å². The van der Waals surface area contributed by atoms with E-state index in [-0.39, 0.29) is 30.0 Å². The highest BCUT2D eigenvalue weighted by Gasteiger charge is 2.27. The average molecular weight is 471 g/mol. The van der Waals surface area contributed by atoms with E-state index in [1.54, 1.807) is 49.4 Å². The van der Waals surface area contributed by atoms with Crippen LogP contribution in [0.15, 0.2) is 49.1 Å². The number of thioether (sulfide) groups is 1. The number of carbonyl (C=O) groups is 3. The molecule has 1 atom stereocenters. The third-order valence-corrected chi connectivity index (χ3v) is 6.14. The lowest BCUT2D eigenvalue weighted by molar-refractivity contribution is -0.121. The number of anilines is 2. The highest BCUT2D eigenvalue weighted by molar-refractivity contribution is 8.01. The van der Waals surface area contributed by atoms with Crippen LogP contribution in [0.4, 0.5) is 11.4 Å². The number of fused-ring (bicyclic) bond motifs is 1. The summed E-state index contributed by atoms with van der Waals surface area (Å²) in [5.41, 5.74) is 1.56. The second-order valence-corrected chi connectivity index (χ2v) is 8.53. The minimum absolute atomic E-state index is 0.0461. The largest absolute Gasteiger partial charge is 0.493 e. The van der Waals surface area contributed by atoms with Crippen molar-refractivity contribution in [3.8, 4) is 17.2 Å². The van der Waals surface area contributed by atoms with Gasteiger partial charge in [-0.3, -0.25) is 14.4 Å². The number of hydrogen-bond donors (Lipinski definition) is 1. The van der Waals surface area contributed by atoms with Gasteiger partial charge in [0.05, 0.1) is 30.9 Å². The normalized spacial score (nSPS) is 13.4. The molecule has 0 aromatic heterocycles. The molecule has 33 heavy (non-hydrogen) atoms. The molecule has 0 saturated heterocycles. The van der Waals surface area contributed by atoms with Crippen LogP contribution in [0.2, 0.25) is 0 Å². The van der Waals surface area contributed by atoms with Gasteiger partial charge in [-0.25, -0.2) is 0 Å². The van der Waals surface area contributed by atoms with E-state index < -0.39 is 5.25 Å². The number of benzene rings is 2. The standard InChI is InChI=1S/C24H26N2O6S/c1-5-10-26-18-11-16(6-8-19(18)32-13-23(26)28)24(29)15(2)33-14-22(27)25-17-7-9-20(30-3)21(12-17)31-4/h5-9,11-12,15H,1,10,13-14H2,2-4H3,(H,25,27). The first-order valence-electron chi connectivity index (χ1n) is 10.2. The van der Waals surface area contributed by atoms with Gasteiger partial charge in [-0.1, -0.05) is 6.08 Å². The molecule has 1 heterocycles. The summed E-state index contributed by atoms with van der Waals surface area (Å²) in [5, 5.41) is 2.33. The van der Waals surface area contributed by atoms with Gasteiger partial charge in [-0.15, -0.1) is 18.3 Å². The third kappa shape index (κ3) is 5.67. The van der Waals surface area contributed by atoms with Crippen molar-refractivity contribution in [1.29, 1.82) is 0 Å². The Balaban J connectivity index is 1.62. The number of nitrogens with zero attached hydrogens (tertiary/aromatic N) is 1. The smallest absolute Gasteiger partial charge is 0.265 e. The molecule has 0 radical (unpaired) electrons. The van der Waals surface area contributed by atoms with Gasteiger partial charge in [0, 0.05) is 23.9 Å². The van der Waals surface area contributed by atoms with Gasteiger partial charge in [-0.2, -0.15) is 0 Å². The lowest BCUT2D eigenvalue weighted by Gasteiger charge is -2.29. The molecule has 9 heteroatoms. The second kappa shape index (κ2) is 10.9. The van der Waals surface area contributed by atoms with E-state index in [0.29, 0.717) is 40.7 Å². The van der Waals surface area contributed by atoms with E-state index >= 15 is 0 Å². The Morgan fingerprint density at radius 2 is 1.97 bits per heavy atom. The Labute approximate surface area is 196 Å². The molecule has 0 saturated carbocycles. The van der Waals surface area contributed by atoms with Gasteiger partial charge >= 0.3 is 0 Å². The van der Waals surface area contributed by atoms with Crippen LogP contribution >= 0.6 is 11.8 Å². The topological polar surface area (TPSA) is 94.2 Å². The first-order valence-corrected chi connectivity index (χ1v) is 11.3. The van der Waals surface area contributed by atoms with Gasteiger partial charge < -0.3 is 24.4 Å². The summed E-state index contributed by atoms with van der Waals surface area (Å²) >= 11 is 1.23. The fourth-order valence-corrected chi connectivity index (χ4v) is 4.07. The van der Waals surface area contributed by atoms with E-state index in [2.05, 4.69) is 11.9 Å². The van der Waals surface area contributed by atoms with Crippen LogP contribution in [0, 0.1) is 0 Å². The lowest BCUT2D eigenvalue weighted by atomic mass is 10.1. The molecular weight excluding hydrogens is 444 g/mol. The number of rotatable bonds is 10. The third-order valence-electron chi connectivity index (χ3n) is 5.00. The van der Waals surface area contributed by atoms with Gasteiger partial charge in [0.25, 0.3) is 5.91 Å². The average Bonchev–Trinajstić information content (AvgIpc) is 2.83. The van der Waals surface area contributed by atoms with E-state index in [9.17, 15) is 14.4 Å². The lowest BCUT2D eigenvalue weighted by Crippen LogP contribution is -2.39. The summed E-state index contributed by atoms with van der Waals surface area (Å²) in [4.78, 5) is 39.1. The molecule has 0 fully saturated rings. The van der Waals surface area contributed by atoms with Crippen molar-refractivity contribution in [2.24, 2.45) is 0 Å². The molecule has 2 amide bonds. The van der Waals surface area contributed by atoms with Crippen LogP contribution in [0.3, 0.4) is 0 Å². The Kier molecular flexibility index (Phi) is 8.00. The van der Waals surface area contributed by atoms with Crippen molar-refractivity contribution in [3.05, 3.63) is 54.6 Å². The summed E-state index contributed by atoms with van der Waals surface area (Å²) in [5.74, 6) is 1.13. The molecule has 8 nitrogen and oxygen atoms in total. The predicted octanol–water partition coefficient (Wildman–Crippen LogP) is 3.56. The summed E-state index contributed by atoms with van der Waals surface area (Å²) in [6, 6.07) is 10.1. The van der Waals surface area contributed by atoms with Crippen molar-refractivity contribution in [1.82, 2.24) is 0 Å². The van der Waals surface area contributed by atoms with E-state index in [4.69, 9.17) is 14.2 Å². The number of amides is 2. The van der Waals surface area contributed by atoms with Crippen LogP contribution in [0.5, 0.6) is 17.2 Å². The predicted molar refractivity (Wildman–Crippen MR) is 129 cm³/mol. The minimum atomic E-state index is -0.465. The van der Waals surface area contributed by atoms with Crippen molar-refractivity contribution >= 4 is 40.7 Å². The number of Topliss-reactive ketones (excluding diaryl/α,β-unsaturated/α-hetero) is 1. The van der Waals surface area contributed by atoms with Crippen molar-refractivity contribution in [3.63, 3.8) is 0 Å². The van der Waals surface area contributed by atoms with Crippen LogP contribution in [0.1, 0.15) is 17.3 Å². The minimum Gasteiger partial charge on any atom is -0.493 e. The number of ketones is 1. The fourth-order valence-electron chi connectivity index (χ4n) is 3.31. The summed E-state index contributed by atoms with van der Waals surface area (Å²) in [6.45, 7) is 5.71. The molecule has 0 spiro atoms. The molecule has 3 rings (SSSR count). The number of carbonyl (C=O) groups excluding carboxylic acids is 3. The highest BCUT2D eigenvalue weighted by Crippen LogP contribution is 2.34. The Morgan fingerprint density at radius 3 is 2.67 bits per heavy atom. The molecule has 2 aromatic rings. The summed E-state index contributed by atoms with van der Waals surface area (Å²) in [7, 11) is 3.06. The van der Waals surface area contributed by atoms with Crippen molar-refractivity contribution < 1.29 is 28.6 Å². The van der Waals surface area contributed by atoms with E-state index in [0.717, 1.165) is 0 Å². The van der Waals surface area contributed by atoms with Gasteiger partial charge in [0.15, 0.2) is 23.9 Å². The van der Waals surface area contributed by atoms with Gasteiger partial charge in [0.2, 0.25) is 5.91 Å². The maximum absolute atomic E-state index is 13.0. The first-order chi connectivity index (χ1) is 15.9. The molecule has 1 unspecified atom stereocenters. The number of methoxy groups -OCH3 is 2. The van der Waals surface area contributed by atoms with Crippen LogP contribution < -0.4 is 24.4 Å². The number of nitrogens with one attached hydrogen (secondary N) is 1. The van der Waals surface area contributed by atoms with E-state index in [1.807, 2.05) is 0 Å². The first kappa shape index (κ1) is 24.2. The summed E-state index contributed by atoms with van der Waals surface area (Å²) < 4.78 is 15.9. The van der Waals surface area contributed by atoms with Crippen LogP contribution in [-0.4, -0.2) is 56.0 Å². The Bertz CT molecular complexity index is 1070. The van der Waals surface area contributed by atoms with Gasteiger partial charge in [-0.05, 0) is 37.3 Å². The zero-order valence-electron chi connectivity index (χ0n) is 18.8. The van der Waals surface area contributed by atoms with E-state index in [1.165, 1.54) is 30.9 Å². The molecule has 2 aromatic carbocycles. The summed E-state index contributed by atoms with van der Waals surface area (Å²) in [6.07, 6.45) is 1.62. The monoisotopic (exact) mass is 470 g/mol. The maximum atomic E-state index is 13.0. The molecule has 1 N–H and O–H groups in total. The zero-order valence-corrected chi connectivity index (χ0v) is 19.6. The van der Waals surface area contributed by atoms with Crippen LogP contribution in [0.25, 0.3) is 0 Å². The molecular formula is C24H26N2O6S. The van der Waals surface area contributed by atoms with Crippen molar-refractivity contribution in [2.75, 3.05) is 43.3 Å². The zero-order chi connectivity index (χ0) is 24.0. The molecule has 1 aliphatic rings. The SMILES string of the molecule is C=CCN1C(=O)COc2ccc(C(=O)C(C)SCC(=O)Nc3ccc(OC)c(OC)c3)cc21. The molecule has 0 aliphatic carbocycles. The Hall–Kier alpha value is -3.46. The number of ether oxygens (including phenoxy) is 3. The quantitative estimate of drug-likeness (QED) is 0.419. The highest BCUT2D eigenvalue weighted by atomic mass is 32.2. The fraction of sp³-hybridized carbons (Fsp3) is 0.292. The maximum Gasteiger partial charge on any atom is 0.265 e. The van der Waals surface area contributed by atoms with Crippen LogP contribution in [-0.2, 0) is 9.59 Å². The molecule has 174 valence electrons. The molecule has 1 aliphatic heterocycles. The number of hydrogen-bond acceptors (Lipinski definition) is 7. The Morgan fingerprint density at radius 1 is 1.21 bits per heavy atom. The molecule has 0 bridgehead atoms. The van der Waals surface area contributed by atoms with Crippen molar-refractivity contribution in [2.45, 2.75) is 12.2 Å². The second-order valence-electron chi connectivity index (χ2n) is 7.20.